The van der Waals surface area contributed by atoms with Crippen LogP contribution < -0.4 is 4.74 Å². The van der Waals surface area contributed by atoms with Gasteiger partial charge in [0.2, 0.25) is 5.88 Å². The van der Waals surface area contributed by atoms with E-state index in [2.05, 4.69) is 10.1 Å². The van der Waals surface area contributed by atoms with Gasteiger partial charge in [0.15, 0.2) is 5.82 Å². The van der Waals surface area contributed by atoms with Crippen molar-refractivity contribution < 1.29 is 14.6 Å². The number of nitrogens with zero attached hydrogens (tertiary/aromatic N) is 3. The normalized spacial score (nSPS) is 25.7. The number of hydrogen-bond donors (Lipinski definition) is 1. The Labute approximate surface area is 138 Å². The molecule has 2 aromatic heterocycles. The molecular weight excluding hydrogens is 318 g/mol. The van der Waals surface area contributed by atoms with Gasteiger partial charge in [-0.25, -0.2) is 14.5 Å². The number of carboxylic acid groups (broad SMARTS) is 1. The van der Waals surface area contributed by atoms with E-state index in [1.807, 2.05) is 0 Å². The number of hydrogen-bond acceptors (Lipinski definition) is 4. The second kappa shape index (κ2) is 5.53. The molecule has 2 heterocycles. The van der Waals surface area contributed by atoms with E-state index in [0.717, 1.165) is 12.3 Å². The van der Waals surface area contributed by atoms with E-state index in [4.69, 9.17) is 21.4 Å². The lowest BCUT2D eigenvalue weighted by molar-refractivity contribution is 0.0696. The SMILES string of the molecule is O=C(O)c1ccc(-n2ccc(OC3C[C@@H]4CC[C@H]3C4)n2)nc1Cl. The number of pyridine rings is 1. The first-order valence-electron chi connectivity index (χ1n) is 7.72. The Kier molecular flexibility index (Phi) is 3.49. The van der Waals surface area contributed by atoms with Crippen LogP contribution in [0.2, 0.25) is 5.15 Å². The molecule has 4 rings (SSSR count). The minimum atomic E-state index is -1.10. The van der Waals surface area contributed by atoms with Crippen LogP contribution in [0.25, 0.3) is 5.82 Å². The molecule has 0 spiro atoms. The Hall–Kier alpha value is -2.08. The predicted octanol–water partition coefficient (Wildman–Crippen LogP) is 3.19. The average Bonchev–Trinajstić information content (AvgIpc) is 3.23. The average molecular weight is 334 g/mol. The highest BCUT2D eigenvalue weighted by molar-refractivity contribution is 6.32. The maximum atomic E-state index is 11.0. The fourth-order valence-electron chi connectivity index (χ4n) is 3.70. The van der Waals surface area contributed by atoms with E-state index < -0.39 is 5.97 Å². The first kappa shape index (κ1) is 14.5. The molecular formula is C16H16ClN3O3. The second-order valence-corrected chi connectivity index (χ2v) is 6.60. The third-order valence-electron chi connectivity index (χ3n) is 4.81. The fourth-order valence-corrected chi connectivity index (χ4v) is 3.93. The molecule has 1 N–H and O–H groups in total. The summed E-state index contributed by atoms with van der Waals surface area (Å²) in [7, 11) is 0. The monoisotopic (exact) mass is 333 g/mol. The lowest BCUT2D eigenvalue weighted by Crippen LogP contribution is -2.23. The van der Waals surface area contributed by atoms with E-state index in [9.17, 15) is 4.79 Å². The van der Waals surface area contributed by atoms with E-state index >= 15 is 0 Å². The highest BCUT2D eigenvalue weighted by Gasteiger charge is 2.41. The second-order valence-electron chi connectivity index (χ2n) is 6.24. The minimum Gasteiger partial charge on any atom is -0.478 e. The number of carboxylic acids is 1. The van der Waals surface area contributed by atoms with E-state index in [1.165, 1.54) is 25.3 Å². The molecule has 3 atom stereocenters. The summed E-state index contributed by atoms with van der Waals surface area (Å²) in [5, 5.41) is 13.3. The number of aromatic nitrogens is 3. The van der Waals surface area contributed by atoms with E-state index in [1.54, 1.807) is 23.0 Å². The van der Waals surface area contributed by atoms with Gasteiger partial charge in [0.25, 0.3) is 0 Å². The number of carbonyl (C=O) groups is 1. The van der Waals surface area contributed by atoms with Gasteiger partial charge in [-0.2, -0.15) is 0 Å². The summed E-state index contributed by atoms with van der Waals surface area (Å²) >= 11 is 5.90. The molecule has 0 saturated heterocycles. The van der Waals surface area contributed by atoms with Crippen molar-refractivity contribution in [2.24, 2.45) is 11.8 Å². The van der Waals surface area contributed by atoms with Gasteiger partial charge in [0, 0.05) is 12.3 Å². The number of aromatic carboxylic acids is 1. The van der Waals surface area contributed by atoms with Gasteiger partial charge in [-0.15, -0.1) is 5.10 Å². The van der Waals surface area contributed by atoms with Gasteiger partial charge >= 0.3 is 5.97 Å². The van der Waals surface area contributed by atoms with Crippen LogP contribution in [0.4, 0.5) is 0 Å². The van der Waals surface area contributed by atoms with Gasteiger partial charge in [-0.1, -0.05) is 11.6 Å². The molecule has 1 unspecified atom stereocenters. The van der Waals surface area contributed by atoms with Crippen LogP contribution in [0, 0.1) is 11.8 Å². The smallest absolute Gasteiger partial charge is 0.338 e. The molecule has 120 valence electrons. The number of ether oxygens (including phenoxy) is 1. The first-order valence-corrected chi connectivity index (χ1v) is 8.10. The van der Waals surface area contributed by atoms with Crippen molar-refractivity contribution in [3.05, 3.63) is 35.1 Å². The Bertz CT molecular complexity index is 761. The van der Waals surface area contributed by atoms with Gasteiger partial charge in [0.1, 0.15) is 11.3 Å². The van der Waals surface area contributed by atoms with Crippen molar-refractivity contribution in [2.45, 2.75) is 31.8 Å². The zero-order valence-corrected chi connectivity index (χ0v) is 13.1. The summed E-state index contributed by atoms with van der Waals surface area (Å²) in [6.07, 6.45) is 6.99. The van der Waals surface area contributed by atoms with Crippen LogP contribution in [0.1, 0.15) is 36.0 Å². The molecule has 2 aromatic rings. The van der Waals surface area contributed by atoms with Gasteiger partial charge in [-0.3, -0.25) is 0 Å². The molecule has 2 saturated carbocycles. The molecule has 23 heavy (non-hydrogen) atoms. The quantitative estimate of drug-likeness (QED) is 0.869. The van der Waals surface area contributed by atoms with E-state index in [0.29, 0.717) is 17.6 Å². The van der Waals surface area contributed by atoms with Crippen molar-refractivity contribution in [1.29, 1.82) is 0 Å². The molecule has 0 radical (unpaired) electrons. The fraction of sp³-hybridized carbons (Fsp3) is 0.438. The van der Waals surface area contributed by atoms with Gasteiger partial charge in [-0.05, 0) is 49.7 Å². The molecule has 2 aliphatic rings. The summed E-state index contributed by atoms with van der Waals surface area (Å²) in [6.45, 7) is 0. The lowest BCUT2D eigenvalue weighted by Gasteiger charge is -2.21. The van der Waals surface area contributed by atoms with Gasteiger partial charge in [0.05, 0.1) is 5.56 Å². The highest BCUT2D eigenvalue weighted by atomic mass is 35.5. The molecule has 2 aliphatic carbocycles. The third-order valence-corrected chi connectivity index (χ3v) is 5.10. The third kappa shape index (κ3) is 2.67. The Morgan fingerprint density at radius 2 is 2.17 bits per heavy atom. The number of rotatable bonds is 4. The molecule has 7 heteroatoms. The highest BCUT2D eigenvalue weighted by Crippen LogP contribution is 2.45. The number of halogens is 1. The van der Waals surface area contributed by atoms with E-state index in [-0.39, 0.29) is 16.8 Å². The Morgan fingerprint density at radius 1 is 1.30 bits per heavy atom. The molecule has 2 fully saturated rings. The topological polar surface area (TPSA) is 77.2 Å². The Morgan fingerprint density at radius 3 is 2.83 bits per heavy atom. The number of fused-ring (bicyclic) bond motifs is 2. The summed E-state index contributed by atoms with van der Waals surface area (Å²) in [5.74, 6) is 1.41. The van der Waals surface area contributed by atoms with Crippen LogP contribution in [-0.4, -0.2) is 31.9 Å². The standard InChI is InChI=1S/C16H16ClN3O3/c17-15-11(16(21)22)3-4-13(18-15)20-6-5-14(19-20)23-12-8-9-1-2-10(12)7-9/h3-6,9-10,12H,1-2,7-8H2,(H,21,22)/t9-,10+,12?/m1/s1. The van der Waals surface area contributed by atoms with Crippen LogP contribution in [0.5, 0.6) is 5.88 Å². The zero-order valence-electron chi connectivity index (χ0n) is 12.4. The maximum Gasteiger partial charge on any atom is 0.338 e. The molecule has 0 aromatic carbocycles. The van der Waals surface area contributed by atoms with Crippen LogP contribution >= 0.6 is 11.6 Å². The van der Waals surface area contributed by atoms with Crippen LogP contribution in [-0.2, 0) is 0 Å². The Balaban J connectivity index is 1.51. The van der Waals surface area contributed by atoms with Crippen molar-refractivity contribution in [1.82, 2.24) is 14.8 Å². The van der Waals surface area contributed by atoms with Crippen molar-refractivity contribution >= 4 is 17.6 Å². The van der Waals surface area contributed by atoms with Crippen molar-refractivity contribution in [2.75, 3.05) is 0 Å². The maximum absolute atomic E-state index is 11.0. The summed E-state index contributed by atoms with van der Waals surface area (Å²) in [4.78, 5) is 15.0. The first-order chi connectivity index (χ1) is 11.1. The predicted molar refractivity (Wildman–Crippen MR) is 83.2 cm³/mol. The molecule has 2 bridgehead atoms. The molecule has 0 amide bonds. The lowest BCUT2D eigenvalue weighted by atomic mass is 9.98. The summed E-state index contributed by atoms with van der Waals surface area (Å²) in [5.41, 5.74) is -0.0268. The van der Waals surface area contributed by atoms with Crippen LogP contribution in [0.3, 0.4) is 0 Å². The summed E-state index contributed by atoms with van der Waals surface area (Å²) in [6, 6.07) is 4.79. The minimum absolute atomic E-state index is 0.0268. The van der Waals surface area contributed by atoms with Crippen molar-refractivity contribution in [3.63, 3.8) is 0 Å². The van der Waals surface area contributed by atoms with Crippen LogP contribution in [0.15, 0.2) is 24.4 Å². The summed E-state index contributed by atoms with van der Waals surface area (Å²) < 4.78 is 7.56. The molecule has 6 nitrogen and oxygen atoms in total. The molecule has 0 aliphatic heterocycles. The van der Waals surface area contributed by atoms with Crippen molar-refractivity contribution in [3.8, 4) is 11.7 Å². The zero-order chi connectivity index (χ0) is 16.0. The van der Waals surface area contributed by atoms with Gasteiger partial charge < -0.3 is 9.84 Å². The largest absolute Gasteiger partial charge is 0.478 e.